The van der Waals surface area contributed by atoms with Crippen LogP contribution in [0.1, 0.15) is 49.9 Å². The summed E-state index contributed by atoms with van der Waals surface area (Å²) in [6.07, 6.45) is 0. The fourth-order valence-corrected chi connectivity index (χ4v) is 12.0. The van der Waals surface area contributed by atoms with Crippen molar-refractivity contribution < 1.29 is 8.83 Å². The van der Waals surface area contributed by atoms with Gasteiger partial charge in [-0.05, 0) is 127 Å². The Kier molecular flexibility index (Phi) is 8.38. The summed E-state index contributed by atoms with van der Waals surface area (Å²) in [5.41, 5.74) is 24.5. The van der Waals surface area contributed by atoms with Crippen LogP contribution in [0.3, 0.4) is 0 Å². The highest BCUT2D eigenvalue weighted by Crippen LogP contribution is 2.58. The first-order chi connectivity index (χ1) is 33.7. The van der Waals surface area contributed by atoms with E-state index in [-0.39, 0.29) is 10.8 Å². The SMILES string of the molecule is CC1(C)c2ccccc2-c2cc3c(cc21)-c1c(-c2ccc(N(c4ccc(-c5cccc6c5oc5ccccc56)cc4)c4ccc(-c5cccc6c5oc5ccccc56)cc4)cc2)cccc1C3(C)C. The van der Waals surface area contributed by atoms with Gasteiger partial charge >= 0.3 is 0 Å². The van der Waals surface area contributed by atoms with Gasteiger partial charge in [0.2, 0.25) is 0 Å². The minimum absolute atomic E-state index is 0.0776. The number of hydrogen-bond donors (Lipinski definition) is 0. The Morgan fingerprint density at radius 2 is 0.696 bits per heavy atom. The summed E-state index contributed by atoms with van der Waals surface area (Å²) >= 11 is 0. The van der Waals surface area contributed by atoms with Crippen molar-refractivity contribution in [2.75, 3.05) is 4.90 Å². The lowest BCUT2D eigenvalue weighted by Gasteiger charge is -2.26. The molecule has 2 aromatic heterocycles. The summed E-state index contributed by atoms with van der Waals surface area (Å²) in [5, 5.41) is 4.52. The van der Waals surface area contributed by atoms with Crippen molar-refractivity contribution in [1.82, 2.24) is 0 Å². The van der Waals surface area contributed by atoms with Gasteiger partial charge in [0.15, 0.2) is 0 Å². The Morgan fingerprint density at radius 3 is 1.26 bits per heavy atom. The van der Waals surface area contributed by atoms with Crippen LogP contribution >= 0.6 is 0 Å². The predicted molar refractivity (Wildman–Crippen MR) is 287 cm³/mol. The van der Waals surface area contributed by atoms with Gasteiger partial charge in [-0.15, -0.1) is 0 Å². The van der Waals surface area contributed by atoms with Crippen molar-refractivity contribution in [2.24, 2.45) is 0 Å². The highest BCUT2D eigenvalue weighted by atomic mass is 16.3. The molecular weight excluding hydrogens is 839 g/mol. The van der Waals surface area contributed by atoms with E-state index in [2.05, 4.69) is 221 Å². The number of para-hydroxylation sites is 4. The molecule has 2 aliphatic rings. The zero-order valence-corrected chi connectivity index (χ0v) is 39.0. The molecule has 69 heavy (non-hydrogen) atoms. The standard InChI is InChI=1S/C66H47NO2/c1-65(2)56-22-8-5-14-49(56)54-38-59-55(39-58(54)65)62-46(17-13-23-57(62)66(59,3)4)40-26-32-43(33-27-40)67(44-34-28-41(29-35-44)47-18-11-20-52-50-15-6-9-24-60(50)68-63(47)52)45-36-30-42(31-37-45)48-19-12-21-53-51-16-7-10-25-61(51)69-64(48)53/h5-39H,1-4H3. The minimum Gasteiger partial charge on any atom is -0.455 e. The summed E-state index contributed by atoms with van der Waals surface area (Å²) < 4.78 is 13.0. The summed E-state index contributed by atoms with van der Waals surface area (Å²) in [7, 11) is 0. The second kappa shape index (κ2) is 14.6. The van der Waals surface area contributed by atoms with Gasteiger partial charge in [-0.2, -0.15) is 0 Å². The van der Waals surface area contributed by atoms with Crippen LogP contribution in [0.5, 0.6) is 0 Å². The second-order valence-corrected chi connectivity index (χ2v) is 20.0. The lowest BCUT2D eigenvalue weighted by molar-refractivity contribution is 0.652. The zero-order valence-electron chi connectivity index (χ0n) is 39.0. The molecule has 0 amide bonds. The molecule has 2 aliphatic carbocycles. The van der Waals surface area contributed by atoms with Crippen molar-refractivity contribution in [3.8, 4) is 55.6 Å². The van der Waals surface area contributed by atoms with E-state index in [1.807, 2.05) is 24.3 Å². The molecule has 0 saturated heterocycles. The van der Waals surface area contributed by atoms with Gasteiger partial charge in [-0.25, -0.2) is 0 Å². The summed E-state index contributed by atoms with van der Waals surface area (Å²) in [6, 6.07) is 77.3. The topological polar surface area (TPSA) is 29.5 Å². The van der Waals surface area contributed by atoms with E-state index in [1.165, 1.54) is 55.6 Å². The third-order valence-electron chi connectivity index (χ3n) is 15.5. The summed E-state index contributed by atoms with van der Waals surface area (Å²) in [4.78, 5) is 2.36. The predicted octanol–water partition coefficient (Wildman–Crippen LogP) is 18.6. The Bertz CT molecular complexity index is 3890. The number of anilines is 3. The molecular formula is C66H47NO2. The smallest absolute Gasteiger partial charge is 0.143 e. The van der Waals surface area contributed by atoms with E-state index in [4.69, 9.17) is 8.83 Å². The van der Waals surface area contributed by atoms with Crippen LogP contribution in [-0.2, 0) is 10.8 Å². The first-order valence-corrected chi connectivity index (χ1v) is 24.1. The molecule has 0 spiro atoms. The average molecular weight is 886 g/mol. The van der Waals surface area contributed by atoms with Crippen molar-refractivity contribution in [3.63, 3.8) is 0 Å². The third kappa shape index (κ3) is 5.80. The molecule has 3 heteroatoms. The van der Waals surface area contributed by atoms with Crippen LogP contribution in [0.25, 0.3) is 99.5 Å². The highest BCUT2D eigenvalue weighted by molar-refractivity contribution is 6.11. The molecule has 0 aliphatic heterocycles. The third-order valence-corrected chi connectivity index (χ3v) is 15.5. The van der Waals surface area contributed by atoms with Crippen LogP contribution in [0.15, 0.2) is 221 Å². The van der Waals surface area contributed by atoms with Crippen LogP contribution < -0.4 is 4.90 Å². The Hall–Kier alpha value is -8.40. The maximum atomic E-state index is 6.48. The second-order valence-electron chi connectivity index (χ2n) is 20.0. The van der Waals surface area contributed by atoms with Gasteiger partial charge in [-0.1, -0.05) is 179 Å². The fourth-order valence-electron chi connectivity index (χ4n) is 12.0. The highest BCUT2D eigenvalue weighted by Gasteiger charge is 2.42. The molecule has 0 saturated carbocycles. The molecule has 3 nitrogen and oxygen atoms in total. The molecule has 0 radical (unpaired) electrons. The lowest BCUT2D eigenvalue weighted by Crippen LogP contribution is -2.16. The maximum absolute atomic E-state index is 6.48. The first kappa shape index (κ1) is 39.7. The monoisotopic (exact) mass is 885 g/mol. The van der Waals surface area contributed by atoms with Gasteiger partial charge in [0.1, 0.15) is 22.3 Å². The molecule has 328 valence electrons. The molecule has 0 N–H and O–H groups in total. The van der Waals surface area contributed by atoms with Crippen molar-refractivity contribution in [2.45, 2.75) is 38.5 Å². The number of nitrogens with zero attached hydrogens (tertiary/aromatic N) is 1. The maximum Gasteiger partial charge on any atom is 0.143 e. The summed E-state index contributed by atoms with van der Waals surface area (Å²) in [6.45, 7) is 9.55. The molecule has 2 heterocycles. The first-order valence-electron chi connectivity index (χ1n) is 24.1. The molecule has 0 fully saturated rings. The normalized spacial score (nSPS) is 14.0. The van der Waals surface area contributed by atoms with Crippen molar-refractivity contribution in [1.29, 1.82) is 0 Å². The van der Waals surface area contributed by atoms with Crippen molar-refractivity contribution >= 4 is 60.9 Å². The van der Waals surface area contributed by atoms with E-state index in [1.54, 1.807) is 0 Å². The van der Waals surface area contributed by atoms with Crippen molar-refractivity contribution in [3.05, 3.63) is 235 Å². The van der Waals surface area contributed by atoms with Gasteiger partial charge < -0.3 is 13.7 Å². The Balaban J connectivity index is 0.873. The quantitative estimate of drug-likeness (QED) is 0.167. The van der Waals surface area contributed by atoms with E-state index < -0.39 is 0 Å². The van der Waals surface area contributed by atoms with Crippen LogP contribution in [0, 0.1) is 0 Å². The van der Waals surface area contributed by atoms with Crippen LogP contribution in [-0.4, -0.2) is 0 Å². The molecule has 14 rings (SSSR count). The number of furan rings is 2. The van der Waals surface area contributed by atoms with Gasteiger partial charge in [-0.3, -0.25) is 0 Å². The molecule has 10 aromatic carbocycles. The summed E-state index contributed by atoms with van der Waals surface area (Å²) in [5.74, 6) is 0. The Labute approximate surface area is 401 Å². The van der Waals surface area contributed by atoms with E-state index in [9.17, 15) is 0 Å². The number of hydrogen-bond acceptors (Lipinski definition) is 3. The van der Waals surface area contributed by atoms with Gasteiger partial charge in [0.25, 0.3) is 0 Å². The van der Waals surface area contributed by atoms with E-state index in [0.29, 0.717) is 0 Å². The van der Waals surface area contributed by atoms with Crippen LogP contribution in [0.4, 0.5) is 17.1 Å². The lowest BCUT2D eigenvalue weighted by atomic mass is 9.79. The zero-order chi connectivity index (χ0) is 46.2. The van der Waals surface area contributed by atoms with E-state index in [0.717, 1.165) is 83.2 Å². The largest absolute Gasteiger partial charge is 0.455 e. The molecule has 12 aromatic rings. The Morgan fingerprint density at radius 1 is 0.304 bits per heavy atom. The van der Waals surface area contributed by atoms with Gasteiger partial charge in [0.05, 0.1) is 0 Å². The molecule has 0 bridgehead atoms. The minimum atomic E-state index is -0.141. The average Bonchev–Trinajstić information content (AvgIpc) is 4.09. The number of rotatable bonds is 6. The fraction of sp³-hybridized carbons (Fsp3) is 0.0909. The van der Waals surface area contributed by atoms with Crippen LogP contribution in [0.2, 0.25) is 0 Å². The number of benzene rings is 10. The molecule has 0 atom stereocenters. The molecule has 0 unspecified atom stereocenters. The number of fused-ring (bicyclic) bond motifs is 12. The van der Waals surface area contributed by atoms with E-state index >= 15 is 0 Å². The van der Waals surface area contributed by atoms with Gasteiger partial charge in [0, 0.05) is 60.6 Å².